The molecule has 1 aromatic heterocycles. The number of aromatic nitrogens is 2. The fourth-order valence-electron chi connectivity index (χ4n) is 3.96. The minimum absolute atomic E-state index is 0.0319. The van der Waals surface area contributed by atoms with Crippen molar-refractivity contribution in [2.75, 3.05) is 6.61 Å². The van der Waals surface area contributed by atoms with E-state index < -0.39 is 11.6 Å². The van der Waals surface area contributed by atoms with E-state index in [9.17, 15) is 13.6 Å². The number of carbonyl (C=O) groups excluding carboxylic acids is 1. The molecule has 2 aliphatic carbocycles. The van der Waals surface area contributed by atoms with Crippen molar-refractivity contribution in [3.63, 3.8) is 0 Å². The second-order valence-corrected chi connectivity index (χ2v) is 8.59. The summed E-state index contributed by atoms with van der Waals surface area (Å²) in [5.41, 5.74) is 0.385. The van der Waals surface area contributed by atoms with Crippen LogP contribution >= 0.6 is 0 Å². The first-order valence-corrected chi connectivity index (χ1v) is 10.9. The lowest BCUT2D eigenvalue weighted by molar-refractivity contribution is -0.120. The van der Waals surface area contributed by atoms with Crippen LogP contribution in [0.1, 0.15) is 52.4 Å². The highest BCUT2D eigenvalue weighted by molar-refractivity contribution is 5.79. The SMILES string of the molecule is CC(=O)N[C@@H](C)COC1CCC(Oc2nc3cc(F)c(OC4CC4)c(F)c3n2C)CC1. The molecule has 1 heterocycles. The van der Waals surface area contributed by atoms with E-state index in [1.165, 1.54) is 17.6 Å². The van der Waals surface area contributed by atoms with Gasteiger partial charge in [0, 0.05) is 26.1 Å². The number of rotatable bonds is 8. The normalized spacial score (nSPS) is 22.4. The first kappa shape index (κ1) is 21.8. The van der Waals surface area contributed by atoms with E-state index in [2.05, 4.69) is 10.3 Å². The molecule has 9 heteroatoms. The molecule has 0 bridgehead atoms. The molecular weight excluding hydrogens is 408 g/mol. The Morgan fingerprint density at radius 3 is 2.42 bits per heavy atom. The van der Waals surface area contributed by atoms with Crippen molar-refractivity contribution >= 4 is 16.9 Å². The van der Waals surface area contributed by atoms with Crippen LogP contribution in [0.25, 0.3) is 11.0 Å². The highest BCUT2D eigenvalue weighted by Gasteiger charge is 2.30. The maximum Gasteiger partial charge on any atom is 0.297 e. The molecule has 4 rings (SSSR count). The second-order valence-electron chi connectivity index (χ2n) is 8.59. The number of halogens is 2. The van der Waals surface area contributed by atoms with Crippen molar-refractivity contribution < 1.29 is 27.8 Å². The molecule has 1 N–H and O–H groups in total. The lowest BCUT2D eigenvalue weighted by Crippen LogP contribution is -2.37. The van der Waals surface area contributed by atoms with Crippen molar-refractivity contribution in [3.8, 4) is 11.8 Å². The number of benzene rings is 1. The largest absolute Gasteiger partial charge is 0.484 e. The van der Waals surface area contributed by atoms with Gasteiger partial charge in [-0.05, 0) is 45.4 Å². The highest BCUT2D eigenvalue weighted by Crippen LogP contribution is 2.36. The molecular formula is C22H29F2N3O4. The van der Waals surface area contributed by atoms with E-state index in [0.717, 1.165) is 38.5 Å². The molecule has 0 unspecified atom stereocenters. The van der Waals surface area contributed by atoms with Crippen molar-refractivity contribution in [1.29, 1.82) is 0 Å². The van der Waals surface area contributed by atoms with Crippen molar-refractivity contribution in [2.24, 2.45) is 7.05 Å². The third-order valence-corrected chi connectivity index (χ3v) is 5.70. The molecule has 0 aliphatic heterocycles. The van der Waals surface area contributed by atoms with Crippen molar-refractivity contribution in [2.45, 2.75) is 76.7 Å². The average molecular weight is 437 g/mol. The fourth-order valence-corrected chi connectivity index (χ4v) is 3.96. The van der Waals surface area contributed by atoms with Gasteiger partial charge in [0.15, 0.2) is 17.4 Å². The number of fused-ring (bicyclic) bond motifs is 1. The third kappa shape index (κ3) is 5.08. The molecule has 2 fully saturated rings. The number of nitrogens with zero attached hydrogens (tertiary/aromatic N) is 2. The average Bonchev–Trinajstić information content (AvgIpc) is 3.48. The van der Waals surface area contributed by atoms with Gasteiger partial charge in [0.05, 0.1) is 24.3 Å². The molecule has 2 aromatic rings. The van der Waals surface area contributed by atoms with Gasteiger partial charge in [-0.3, -0.25) is 9.36 Å². The van der Waals surface area contributed by atoms with Crippen LogP contribution in [0.5, 0.6) is 11.8 Å². The Bertz CT molecular complexity index is 952. The van der Waals surface area contributed by atoms with Gasteiger partial charge in [-0.1, -0.05) is 0 Å². The summed E-state index contributed by atoms with van der Waals surface area (Å²) in [6, 6.07) is 1.43. The predicted molar refractivity (Wildman–Crippen MR) is 110 cm³/mol. The van der Waals surface area contributed by atoms with Crippen LogP contribution in [0.15, 0.2) is 6.07 Å². The molecule has 1 amide bonds. The van der Waals surface area contributed by atoms with Gasteiger partial charge in [-0.2, -0.15) is 4.98 Å². The van der Waals surface area contributed by atoms with Gasteiger partial charge >= 0.3 is 0 Å². The molecule has 170 valence electrons. The van der Waals surface area contributed by atoms with Crippen LogP contribution in [-0.4, -0.2) is 46.4 Å². The number of hydrogen-bond donors (Lipinski definition) is 1. The Labute approximate surface area is 180 Å². The Kier molecular flexibility index (Phi) is 6.31. The summed E-state index contributed by atoms with van der Waals surface area (Å²) in [5.74, 6) is -1.89. The van der Waals surface area contributed by atoms with Crippen LogP contribution < -0.4 is 14.8 Å². The molecule has 2 saturated carbocycles. The van der Waals surface area contributed by atoms with Gasteiger partial charge in [-0.15, -0.1) is 0 Å². The summed E-state index contributed by atoms with van der Waals surface area (Å²) < 4.78 is 48.1. The van der Waals surface area contributed by atoms with Crippen LogP contribution in [0.4, 0.5) is 8.78 Å². The lowest BCUT2D eigenvalue weighted by atomic mass is 9.95. The molecule has 0 saturated heterocycles. The molecule has 31 heavy (non-hydrogen) atoms. The third-order valence-electron chi connectivity index (χ3n) is 5.70. The van der Waals surface area contributed by atoms with Gasteiger partial charge < -0.3 is 19.5 Å². The molecule has 1 atom stereocenters. The first-order chi connectivity index (χ1) is 14.8. The Morgan fingerprint density at radius 2 is 1.77 bits per heavy atom. The number of imidazole rings is 1. The van der Waals surface area contributed by atoms with Gasteiger partial charge in [-0.25, -0.2) is 8.78 Å². The minimum Gasteiger partial charge on any atom is -0.484 e. The van der Waals surface area contributed by atoms with E-state index in [-0.39, 0.29) is 53.1 Å². The number of carbonyl (C=O) groups is 1. The van der Waals surface area contributed by atoms with Gasteiger partial charge in [0.25, 0.3) is 6.01 Å². The van der Waals surface area contributed by atoms with E-state index in [4.69, 9.17) is 14.2 Å². The summed E-state index contributed by atoms with van der Waals surface area (Å²) in [6.07, 6.45) is 4.76. The van der Waals surface area contributed by atoms with Gasteiger partial charge in [0.1, 0.15) is 11.6 Å². The maximum atomic E-state index is 14.9. The van der Waals surface area contributed by atoms with Crippen LogP contribution in [0.3, 0.4) is 0 Å². The highest BCUT2D eigenvalue weighted by atomic mass is 19.1. The molecule has 7 nitrogen and oxygen atoms in total. The van der Waals surface area contributed by atoms with Crippen LogP contribution in [0.2, 0.25) is 0 Å². The summed E-state index contributed by atoms with van der Waals surface area (Å²) in [5, 5.41) is 2.80. The monoisotopic (exact) mass is 437 g/mol. The minimum atomic E-state index is -0.743. The summed E-state index contributed by atoms with van der Waals surface area (Å²) in [7, 11) is 1.66. The quantitative estimate of drug-likeness (QED) is 0.683. The predicted octanol–water partition coefficient (Wildman–Crippen LogP) is 3.62. The van der Waals surface area contributed by atoms with E-state index in [1.54, 1.807) is 7.05 Å². The number of nitrogens with one attached hydrogen (secondary N) is 1. The Balaban J connectivity index is 1.36. The fraction of sp³-hybridized carbons (Fsp3) is 0.636. The number of ether oxygens (including phenoxy) is 3. The molecule has 0 radical (unpaired) electrons. The number of aryl methyl sites for hydroxylation is 1. The summed E-state index contributed by atoms with van der Waals surface area (Å²) in [4.78, 5) is 15.4. The summed E-state index contributed by atoms with van der Waals surface area (Å²) in [6.45, 7) is 3.86. The van der Waals surface area contributed by atoms with Crippen LogP contribution in [0, 0.1) is 11.6 Å². The maximum absolute atomic E-state index is 14.9. The van der Waals surface area contributed by atoms with Crippen molar-refractivity contribution in [3.05, 3.63) is 17.7 Å². The zero-order valence-electron chi connectivity index (χ0n) is 18.1. The smallest absolute Gasteiger partial charge is 0.297 e. The van der Waals surface area contributed by atoms with Crippen molar-refractivity contribution in [1.82, 2.24) is 14.9 Å². The Morgan fingerprint density at radius 1 is 1.16 bits per heavy atom. The van der Waals surface area contributed by atoms with E-state index >= 15 is 0 Å². The number of amides is 1. The molecule has 1 aromatic carbocycles. The zero-order chi connectivity index (χ0) is 22.1. The first-order valence-electron chi connectivity index (χ1n) is 10.9. The molecule has 0 spiro atoms. The second kappa shape index (κ2) is 8.98. The molecule has 2 aliphatic rings. The van der Waals surface area contributed by atoms with Crippen LogP contribution in [-0.2, 0) is 16.6 Å². The standard InChI is InChI=1S/C22H29F2N3O4/c1-12(25-13(2)28)11-29-14-4-6-16(7-5-14)31-22-26-18-10-17(23)21(30-15-8-9-15)19(24)20(18)27(22)3/h10,12,14-16H,4-9,11H2,1-3H3,(H,25,28)/t12-,14?,16?/m0/s1. The Hall–Kier alpha value is -2.42. The number of hydrogen-bond acceptors (Lipinski definition) is 5. The summed E-state index contributed by atoms with van der Waals surface area (Å²) >= 11 is 0. The lowest BCUT2D eigenvalue weighted by Gasteiger charge is -2.29. The zero-order valence-corrected chi connectivity index (χ0v) is 18.1. The van der Waals surface area contributed by atoms with E-state index in [0.29, 0.717) is 6.61 Å². The topological polar surface area (TPSA) is 74.6 Å². The van der Waals surface area contributed by atoms with Gasteiger partial charge in [0.2, 0.25) is 5.91 Å². The van der Waals surface area contributed by atoms with E-state index in [1.807, 2.05) is 6.92 Å².